The fourth-order valence-corrected chi connectivity index (χ4v) is 4.57. The van der Waals surface area contributed by atoms with Gasteiger partial charge in [-0.25, -0.2) is 0 Å². The Morgan fingerprint density at radius 3 is 2.62 bits per heavy atom. The maximum atomic E-state index is 11.4. The van der Waals surface area contributed by atoms with E-state index < -0.39 is 11.0 Å². The highest BCUT2D eigenvalue weighted by molar-refractivity contribution is 7.98. The number of aromatic nitrogens is 3. The molecule has 4 aromatic rings. The van der Waals surface area contributed by atoms with Gasteiger partial charge in [0.1, 0.15) is 6.61 Å². The average molecular weight is 477 g/mol. The van der Waals surface area contributed by atoms with Crippen LogP contribution in [0.15, 0.2) is 78.0 Å². The zero-order valence-electron chi connectivity index (χ0n) is 18.2. The van der Waals surface area contributed by atoms with Crippen molar-refractivity contribution in [2.24, 2.45) is 0 Å². The molecule has 3 aromatic carbocycles. The van der Waals surface area contributed by atoms with Gasteiger partial charge in [0.25, 0.3) is 0 Å². The molecule has 1 aromatic heterocycles. The van der Waals surface area contributed by atoms with E-state index in [1.165, 1.54) is 24.9 Å². The van der Waals surface area contributed by atoms with E-state index in [-0.39, 0.29) is 11.4 Å². The number of benzene rings is 3. The van der Waals surface area contributed by atoms with Gasteiger partial charge in [-0.05, 0) is 35.9 Å². The summed E-state index contributed by atoms with van der Waals surface area (Å²) in [4.78, 5) is 10.9. The Morgan fingerprint density at radius 2 is 1.85 bits per heavy atom. The molecule has 0 unspecified atom stereocenters. The van der Waals surface area contributed by atoms with Crippen LogP contribution in [-0.2, 0) is 5.75 Å². The fraction of sp³-hybridized carbons (Fsp3) is 0.167. The predicted molar refractivity (Wildman–Crippen MR) is 126 cm³/mol. The number of hydrogen-bond donors (Lipinski definition) is 0. The van der Waals surface area contributed by atoms with Crippen LogP contribution in [0, 0.1) is 10.1 Å². The first-order valence-electron chi connectivity index (χ1n) is 10.5. The van der Waals surface area contributed by atoms with Crippen molar-refractivity contribution in [3.05, 3.63) is 94.3 Å². The van der Waals surface area contributed by atoms with Crippen LogP contribution in [0.1, 0.15) is 17.5 Å². The fourth-order valence-electron chi connectivity index (χ4n) is 3.67. The molecular formula is C24H20N4O5S. The third kappa shape index (κ3) is 4.27. The normalized spacial score (nSPS) is 14.6. The SMILES string of the molecule is COc1ccc(CSc2nnc([C@H]3COc4ccccc4O3)n2-c2ccccc2)cc1[N+](=O)[O-]. The van der Waals surface area contributed by atoms with Crippen molar-refractivity contribution in [1.29, 1.82) is 0 Å². The van der Waals surface area contributed by atoms with Crippen LogP contribution in [0.2, 0.25) is 0 Å². The number of fused-ring (bicyclic) bond motifs is 1. The van der Waals surface area contributed by atoms with E-state index in [1.54, 1.807) is 12.1 Å². The molecule has 34 heavy (non-hydrogen) atoms. The molecule has 1 aliphatic rings. The van der Waals surface area contributed by atoms with Crippen molar-refractivity contribution in [3.63, 3.8) is 0 Å². The predicted octanol–water partition coefficient (Wildman–Crippen LogP) is 4.99. The zero-order valence-corrected chi connectivity index (χ0v) is 19.0. The molecule has 9 nitrogen and oxygen atoms in total. The van der Waals surface area contributed by atoms with Gasteiger partial charge in [0.2, 0.25) is 0 Å². The number of thioether (sulfide) groups is 1. The highest BCUT2D eigenvalue weighted by Gasteiger charge is 2.29. The lowest BCUT2D eigenvalue weighted by molar-refractivity contribution is -0.385. The summed E-state index contributed by atoms with van der Waals surface area (Å²) in [7, 11) is 1.41. The summed E-state index contributed by atoms with van der Waals surface area (Å²) >= 11 is 1.43. The second-order valence-electron chi connectivity index (χ2n) is 7.43. The van der Waals surface area contributed by atoms with Crippen LogP contribution in [-0.4, -0.2) is 33.4 Å². The van der Waals surface area contributed by atoms with Gasteiger partial charge in [-0.15, -0.1) is 10.2 Å². The van der Waals surface area contributed by atoms with E-state index in [9.17, 15) is 10.1 Å². The smallest absolute Gasteiger partial charge is 0.311 e. The zero-order chi connectivity index (χ0) is 23.5. The lowest BCUT2D eigenvalue weighted by Crippen LogP contribution is -2.24. The average Bonchev–Trinajstić information content (AvgIpc) is 3.31. The maximum Gasteiger partial charge on any atom is 0.311 e. The van der Waals surface area contributed by atoms with Crippen LogP contribution < -0.4 is 14.2 Å². The first-order chi connectivity index (χ1) is 16.6. The third-order valence-electron chi connectivity index (χ3n) is 5.28. The summed E-state index contributed by atoms with van der Waals surface area (Å²) in [5.41, 5.74) is 1.58. The van der Waals surface area contributed by atoms with E-state index in [1.807, 2.05) is 59.2 Å². The van der Waals surface area contributed by atoms with E-state index in [2.05, 4.69) is 10.2 Å². The molecule has 0 N–H and O–H groups in total. The molecule has 0 saturated heterocycles. The van der Waals surface area contributed by atoms with Crippen LogP contribution >= 0.6 is 11.8 Å². The van der Waals surface area contributed by atoms with Gasteiger partial charge in [-0.2, -0.15) is 0 Å². The van der Waals surface area contributed by atoms with Gasteiger partial charge >= 0.3 is 5.69 Å². The number of ether oxygens (including phenoxy) is 3. The minimum Gasteiger partial charge on any atom is -0.490 e. The molecule has 172 valence electrons. The first-order valence-corrected chi connectivity index (χ1v) is 11.5. The van der Waals surface area contributed by atoms with E-state index in [4.69, 9.17) is 14.2 Å². The molecule has 0 saturated carbocycles. The molecule has 2 heterocycles. The van der Waals surface area contributed by atoms with Crippen molar-refractivity contribution in [2.75, 3.05) is 13.7 Å². The molecule has 0 aliphatic carbocycles. The van der Waals surface area contributed by atoms with Crippen molar-refractivity contribution in [1.82, 2.24) is 14.8 Å². The number of rotatable bonds is 7. The summed E-state index contributed by atoms with van der Waals surface area (Å²) in [6, 6.07) is 22.2. The lowest BCUT2D eigenvalue weighted by Gasteiger charge is -2.26. The molecule has 0 spiro atoms. The number of nitrogens with zero attached hydrogens (tertiary/aromatic N) is 4. The van der Waals surface area contributed by atoms with Gasteiger partial charge in [0.15, 0.2) is 34.3 Å². The minimum absolute atomic E-state index is 0.0720. The van der Waals surface area contributed by atoms with Gasteiger partial charge in [0.05, 0.1) is 12.0 Å². The monoisotopic (exact) mass is 476 g/mol. The largest absolute Gasteiger partial charge is 0.490 e. The van der Waals surface area contributed by atoms with Gasteiger partial charge in [-0.1, -0.05) is 48.2 Å². The number of methoxy groups -OCH3 is 1. The Bertz CT molecular complexity index is 1330. The third-order valence-corrected chi connectivity index (χ3v) is 6.28. The van der Waals surface area contributed by atoms with Gasteiger partial charge < -0.3 is 14.2 Å². The molecule has 0 bridgehead atoms. The second kappa shape index (κ2) is 9.44. The standard InChI is InChI=1S/C24H20N4O5S/c1-31-19-12-11-16(13-18(19)28(29)30)15-34-24-26-25-23(27(24)17-7-3-2-4-8-17)22-14-32-20-9-5-6-10-21(20)33-22/h2-13,22H,14-15H2,1H3/t22-/m1/s1. The molecule has 0 amide bonds. The molecule has 5 rings (SSSR count). The number of hydrogen-bond acceptors (Lipinski definition) is 8. The Hall–Kier alpha value is -4.05. The van der Waals surface area contributed by atoms with Crippen LogP contribution in [0.3, 0.4) is 0 Å². The first kappa shape index (κ1) is 21.8. The van der Waals surface area contributed by atoms with E-state index in [0.717, 1.165) is 11.3 Å². The molecule has 10 heteroatoms. The second-order valence-corrected chi connectivity index (χ2v) is 8.37. The van der Waals surface area contributed by atoms with Crippen molar-refractivity contribution < 1.29 is 19.1 Å². The summed E-state index contributed by atoms with van der Waals surface area (Å²) in [5.74, 6) is 2.65. The number of nitro groups is 1. The van der Waals surface area contributed by atoms with Crippen molar-refractivity contribution >= 4 is 17.4 Å². The molecule has 0 radical (unpaired) electrons. The van der Waals surface area contributed by atoms with Crippen LogP contribution in [0.5, 0.6) is 17.2 Å². The molecule has 1 atom stereocenters. The highest BCUT2D eigenvalue weighted by atomic mass is 32.2. The van der Waals surface area contributed by atoms with Crippen molar-refractivity contribution in [2.45, 2.75) is 17.0 Å². The lowest BCUT2D eigenvalue weighted by atomic mass is 10.2. The summed E-state index contributed by atoms with van der Waals surface area (Å²) in [5, 5.41) is 20.9. The number of para-hydroxylation sites is 3. The van der Waals surface area contributed by atoms with Crippen molar-refractivity contribution in [3.8, 4) is 22.9 Å². The van der Waals surface area contributed by atoms with Gasteiger partial charge in [-0.3, -0.25) is 14.7 Å². The molecule has 0 fully saturated rings. The van der Waals surface area contributed by atoms with E-state index >= 15 is 0 Å². The Morgan fingerprint density at radius 1 is 1.09 bits per heavy atom. The van der Waals surface area contributed by atoms with E-state index in [0.29, 0.717) is 34.8 Å². The summed E-state index contributed by atoms with van der Waals surface area (Å²) in [6.45, 7) is 0.303. The quantitative estimate of drug-likeness (QED) is 0.209. The topological polar surface area (TPSA) is 102 Å². The summed E-state index contributed by atoms with van der Waals surface area (Å²) in [6.07, 6.45) is -0.445. The van der Waals surface area contributed by atoms with Crippen LogP contribution in [0.4, 0.5) is 5.69 Å². The molecular weight excluding hydrogens is 456 g/mol. The number of nitro benzene ring substituents is 1. The van der Waals surface area contributed by atoms with Crippen LogP contribution in [0.25, 0.3) is 5.69 Å². The van der Waals surface area contributed by atoms with Gasteiger partial charge in [0, 0.05) is 17.5 Å². The summed E-state index contributed by atoms with van der Waals surface area (Å²) < 4.78 is 19.1. The maximum absolute atomic E-state index is 11.4. The Balaban J connectivity index is 1.45. The molecule has 1 aliphatic heterocycles. The Kier molecular flexibility index (Phi) is 6.05. The highest BCUT2D eigenvalue weighted by Crippen LogP contribution is 2.37. The Labute approximate surface area is 199 Å². The minimum atomic E-state index is -0.449.